The van der Waals surface area contributed by atoms with E-state index < -0.39 is 0 Å². The van der Waals surface area contributed by atoms with E-state index in [1.807, 2.05) is 19.1 Å². The molecule has 144 valence electrons. The van der Waals surface area contributed by atoms with Gasteiger partial charge in [-0.05, 0) is 44.9 Å². The number of aromatic nitrogens is 3. The molecule has 5 nitrogen and oxygen atoms in total. The minimum absolute atomic E-state index is 0.303. The van der Waals surface area contributed by atoms with Crippen LogP contribution in [0.3, 0.4) is 0 Å². The van der Waals surface area contributed by atoms with Gasteiger partial charge in [-0.3, -0.25) is 9.56 Å². The van der Waals surface area contributed by atoms with Crippen molar-refractivity contribution in [1.82, 2.24) is 14.8 Å². The van der Waals surface area contributed by atoms with Gasteiger partial charge in [-0.1, -0.05) is 23.7 Å². The Bertz CT molecular complexity index is 1110. The highest BCUT2D eigenvalue weighted by Crippen LogP contribution is 2.57. The topological polar surface area (TPSA) is 52.3 Å². The summed E-state index contributed by atoms with van der Waals surface area (Å²) in [4.78, 5) is 6.65. The Labute approximate surface area is 173 Å². The first kappa shape index (κ1) is 18.0. The van der Waals surface area contributed by atoms with Crippen LogP contribution in [-0.2, 0) is 10.3 Å². The van der Waals surface area contributed by atoms with Crippen molar-refractivity contribution < 1.29 is 4.74 Å². The smallest absolute Gasteiger partial charge is 0.166 e. The highest BCUT2D eigenvalue weighted by atomic mass is 35.5. The van der Waals surface area contributed by atoms with E-state index in [1.54, 1.807) is 18.4 Å². The lowest BCUT2D eigenvalue weighted by Crippen LogP contribution is -2.16. The van der Waals surface area contributed by atoms with Crippen molar-refractivity contribution in [3.8, 4) is 5.00 Å². The number of fused-ring (bicyclic) bond motifs is 4. The monoisotopic (exact) mass is 412 g/mol. The molecule has 28 heavy (non-hydrogen) atoms. The van der Waals surface area contributed by atoms with Crippen LogP contribution in [-0.4, -0.2) is 34.2 Å². The highest BCUT2D eigenvalue weighted by molar-refractivity contribution is 7.15. The Hall–Kier alpha value is -2.02. The van der Waals surface area contributed by atoms with Crippen LogP contribution in [0.4, 0.5) is 0 Å². The van der Waals surface area contributed by atoms with Gasteiger partial charge in [-0.15, -0.1) is 21.5 Å². The number of halogens is 1. The Kier molecular flexibility index (Phi) is 4.02. The molecule has 1 aliphatic heterocycles. The van der Waals surface area contributed by atoms with Crippen molar-refractivity contribution in [2.24, 2.45) is 10.9 Å². The van der Waals surface area contributed by atoms with Gasteiger partial charge < -0.3 is 4.74 Å². The Morgan fingerprint density at radius 1 is 1.21 bits per heavy atom. The third-order valence-electron chi connectivity index (χ3n) is 5.89. The van der Waals surface area contributed by atoms with E-state index in [9.17, 15) is 0 Å². The van der Waals surface area contributed by atoms with E-state index >= 15 is 0 Å². The highest BCUT2D eigenvalue weighted by Gasteiger charge is 2.60. The number of methoxy groups -OCH3 is 1. The SMILES string of the molecule is COC[C@H]1C[C@@]12N=C(c1ccc(Cl)cc1)c1c(sc(C)c1C)-n1c(C)nnc12. The first-order valence-corrected chi connectivity index (χ1v) is 10.5. The fraction of sp³-hybridized carbons (Fsp3) is 0.381. The minimum atomic E-state index is -0.384. The minimum Gasteiger partial charge on any atom is -0.384 e. The molecule has 7 heteroatoms. The zero-order chi connectivity index (χ0) is 19.6. The molecule has 0 N–H and O–H groups in total. The van der Waals surface area contributed by atoms with Crippen LogP contribution in [0.1, 0.15) is 39.6 Å². The van der Waals surface area contributed by atoms with E-state index in [-0.39, 0.29) is 5.54 Å². The molecule has 2 aromatic heterocycles. The van der Waals surface area contributed by atoms with E-state index in [4.69, 9.17) is 21.3 Å². The fourth-order valence-corrected chi connectivity index (χ4v) is 5.51. The first-order valence-electron chi connectivity index (χ1n) is 9.34. The lowest BCUT2D eigenvalue weighted by atomic mass is 9.99. The molecule has 1 aliphatic carbocycles. The van der Waals surface area contributed by atoms with E-state index in [0.29, 0.717) is 12.5 Å². The Balaban J connectivity index is 1.82. The van der Waals surface area contributed by atoms with Gasteiger partial charge in [0.2, 0.25) is 0 Å². The summed E-state index contributed by atoms with van der Waals surface area (Å²) >= 11 is 7.93. The van der Waals surface area contributed by atoms with E-state index in [0.717, 1.165) is 39.4 Å². The van der Waals surface area contributed by atoms with Crippen molar-refractivity contribution in [2.45, 2.75) is 32.7 Å². The van der Waals surface area contributed by atoms with Crippen LogP contribution < -0.4 is 0 Å². The van der Waals surface area contributed by atoms with Crippen LogP contribution in [0, 0.1) is 26.7 Å². The molecule has 1 spiro atoms. The molecule has 3 heterocycles. The summed E-state index contributed by atoms with van der Waals surface area (Å²) < 4.78 is 7.68. The Morgan fingerprint density at radius 3 is 2.68 bits per heavy atom. The summed E-state index contributed by atoms with van der Waals surface area (Å²) in [6.45, 7) is 7.01. The van der Waals surface area contributed by atoms with Crippen molar-refractivity contribution in [1.29, 1.82) is 0 Å². The number of thiophene rings is 1. The fourth-order valence-electron chi connectivity index (χ4n) is 4.18. The standard InChI is InChI=1S/C21H21ClN4OS/c1-11-12(2)28-19-17(11)18(14-5-7-16(22)8-6-14)23-21(9-15(21)10-27-4)20-25-24-13(3)26(19)20/h5-8,15H,9-10H2,1-4H3/t15-,21-/m1/s1. The van der Waals surface area contributed by atoms with Crippen molar-refractivity contribution in [3.05, 3.63) is 62.5 Å². The summed E-state index contributed by atoms with van der Waals surface area (Å²) in [5.74, 6) is 2.13. The molecule has 2 aliphatic rings. The first-order chi connectivity index (χ1) is 13.5. The molecule has 1 aromatic carbocycles. The second-order valence-electron chi connectivity index (χ2n) is 7.62. The zero-order valence-electron chi connectivity index (χ0n) is 16.3. The van der Waals surface area contributed by atoms with Gasteiger partial charge in [0.1, 0.15) is 16.4 Å². The number of aliphatic imine (C=N–C) groups is 1. The van der Waals surface area contributed by atoms with Crippen molar-refractivity contribution in [2.75, 3.05) is 13.7 Å². The normalized spacial score (nSPS) is 22.6. The summed E-state index contributed by atoms with van der Waals surface area (Å²) in [6.07, 6.45) is 0.920. The molecule has 0 amide bonds. The molecule has 3 aromatic rings. The van der Waals surface area contributed by atoms with Gasteiger partial charge >= 0.3 is 0 Å². The van der Waals surface area contributed by atoms with Crippen molar-refractivity contribution in [3.63, 3.8) is 0 Å². The quantitative estimate of drug-likeness (QED) is 0.630. The number of benzene rings is 1. The molecule has 5 rings (SSSR count). The van der Waals surface area contributed by atoms with Crippen LogP contribution in [0.15, 0.2) is 29.3 Å². The molecule has 0 radical (unpaired) electrons. The summed E-state index contributed by atoms with van der Waals surface area (Å²) in [5, 5.41) is 10.9. The third kappa shape index (κ3) is 2.44. The van der Waals surface area contributed by atoms with Gasteiger partial charge in [0, 0.05) is 34.1 Å². The lowest BCUT2D eigenvalue weighted by Gasteiger charge is -2.13. The molecule has 0 saturated heterocycles. The number of aryl methyl sites for hydroxylation is 2. The average molecular weight is 413 g/mol. The second kappa shape index (κ2) is 6.24. The predicted molar refractivity (Wildman–Crippen MR) is 112 cm³/mol. The van der Waals surface area contributed by atoms with Gasteiger partial charge in [-0.25, -0.2) is 0 Å². The molecule has 2 atom stereocenters. The number of rotatable bonds is 3. The molecule has 1 saturated carbocycles. The zero-order valence-corrected chi connectivity index (χ0v) is 17.9. The Morgan fingerprint density at radius 2 is 1.96 bits per heavy atom. The number of ether oxygens (including phenoxy) is 1. The number of hydrogen-bond donors (Lipinski definition) is 0. The molecule has 0 unspecified atom stereocenters. The van der Waals surface area contributed by atoms with Gasteiger partial charge in [-0.2, -0.15) is 0 Å². The van der Waals surface area contributed by atoms with Crippen LogP contribution in [0.2, 0.25) is 5.02 Å². The number of hydrogen-bond acceptors (Lipinski definition) is 5. The molecule has 0 bridgehead atoms. The second-order valence-corrected chi connectivity index (χ2v) is 9.26. The van der Waals surface area contributed by atoms with Crippen molar-refractivity contribution >= 4 is 28.6 Å². The third-order valence-corrected chi connectivity index (χ3v) is 7.33. The van der Waals surface area contributed by atoms with E-state index in [1.165, 1.54) is 16.0 Å². The van der Waals surface area contributed by atoms with Crippen LogP contribution >= 0.6 is 22.9 Å². The average Bonchev–Trinajstić information content (AvgIpc) is 3.12. The van der Waals surface area contributed by atoms with E-state index in [2.05, 4.69) is 40.7 Å². The molecule has 1 fully saturated rings. The van der Waals surface area contributed by atoms with Gasteiger partial charge in [0.05, 0.1) is 12.3 Å². The summed E-state index contributed by atoms with van der Waals surface area (Å²) in [7, 11) is 1.74. The maximum Gasteiger partial charge on any atom is 0.166 e. The summed E-state index contributed by atoms with van der Waals surface area (Å²) in [6, 6.07) is 7.96. The lowest BCUT2D eigenvalue weighted by molar-refractivity contribution is 0.177. The largest absolute Gasteiger partial charge is 0.384 e. The predicted octanol–water partition coefficient (Wildman–Crippen LogP) is 4.62. The van der Waals surface area contributed by atoms with Gasteiger partial charge in [0.25, 0.3) is 0 Å². The summed E-state index contributed by atoms with van der Waals surface area (Å²) in [5.41, 5.74) is 4.13. The maximum atomic E-state index is 6.15. The number of nitrogens with zero attached hydrogens (tertiary/aromatic N) is 4. The molecular weight excluding hydrogens is 392 g/mol. The van der Waals surface area contributed by atoms with Gasteiger partial charge in [0.15, 0.2) is 5.82 Å². The maximum absolute atomic E-state index is 6.15. The van der Waals surface area contributed by atoms with Crippen LogP contribution in [0.5, 0.6) is 0 Å². The molecular formula is C21H21ClN4OS. The van der Waals surface area contributed by atoms with Crippen LogP contribution in [0.25, 0.3) is 5.00 Å².